The van der Waals surface area contributed by atoms with Gasteiger partial charge in [0.2, 0.25) is 5.91 Å². The Morgan fingerprint density at radius 2 is 1.81 bits per heavy atom. The number of anilines is 1. The van der Waals surface area contributed by atoms with Gasteiger partial charge >= 0.3 is 0 Å². The first-order chi connectivity index (χ1) is 12.5. The number of para-hydroxylation sites is 3. The van der Waals surface area contributed by atoms with Gasteiger partial charge in [-0.2, -0.15) is 0 Å². The number of ether oxygens (including phenoxy) is 1. The molecule has 0 aliphatic carbocycles. The van der Waals surface area contributed by atoms with E-state index in [-0.39, 0.29) is 29.9 Å². The SMILES string of the molecule is O=C(CCNC1CCS(=O)(=O)C1)Nc1ccccc1Oc1ccccc1. The van der Waals surface area contributed by atoms with Gasteiger partial charge < -0.3 is 15.4 Å². The molecule has 6 nitrogen and oxygen atoms in total. The highest BCUT2D eigenvalue weighted by Gasteiger charge is 2.27. The maximum absolute atomic E-state index is 12.2. The summed E-state index contributed by atoms with van der Waals surface area (Å²) in [6, 6.07) is 16.6. The lowest BCUT2D eigenvalue weighted by atomic mass is 10.2. The van der Waals surface area contributed by atoms with Crippen molar-refractivity contribution in [2.45, 2.75) is 18.9 Å². The van der Waals surface area contributed by atoms with Gasteiger partial charge in [0.05, 0.1) is 17.2 Å². The molecule has 0 saturated carbocycles. The standard InChI is InChI=1S/C19H22N2O4S/c22-19(10-12-20-15-11-13-26(23,24)14-15)21-17-8-4-5-9-18(17)25-16-6-2-1-3-7-16/h1-9,15,20H,10-14H2,(H,21,22). The number of nitrogens with one attached hydrogen (secondary N) is 2. The summed E-state index contributed by atoms with van der Waals surface area (Å²) < 4.78 is 28.7. The third-order valence-corrected chi connectivity index (χ3v) is 5.92. The lowest BCUT2D eigenvalue weighted by molar-refractivity contribution is -0.116. The quantitative estimate of drug-likeness (QED) is 0.778. The van der Waals surface area contributed by atoms with Crippen LogP contribution in [0.25, 0.3) is 0 Å². The van der Waals surface area contributed by atoms with E-state index in [1.54, 1.807) is 12.1 Å². The van der Waals surface area contributed by atoms with Gasteiger partial charge in [-0.15, -0.1) is 0 Å². The van der Waals surface area contributed by atoms with E-state index in [9.17, 15) is 13.2 Å². The van der Waals surface area contributed by atoms with Crippen molar-refractivity contribution in [1.82, 2.24) is 5.32 Å². The van der Waals surface area contributed by atoms with Crippen LogP contribution in [0.4, 0.5) is 5.69 Å². The number of amides is 1. The number of hydrogen-bond donors (Lipinski definition) is 2. The smallest absolute Gasteiger partial charge is 0.225 e. The van der Waals surface area contributed by atoms with Crippen LogP contribution in [0.15, 0.2) is 54.6 Å². The lowest BCUT2D eigenvalue weighted by Gasteiger charge is -2.13. The van der Waals surface area contributed by atoms with E-state index in [1.165, 1.54) is 0 Å². The largest absolute Gasteiger partial charge is 0.455 e. The van der Waals surface area contributed by atoms with Gasteiger partial charge in [0, 0.05) is 19.0 Å². The second-order valence-corrected chi connectivity index (χ2v) is 8.49. The average molecular weight is 374 g/mol. The van der Waals surface area contributed by atoms with Crippen LogP contribution in [0.2, 0.25) is 0 Å². The van der Waals surface area contributed by atoms with Gasteiger partial charge in [-0.25, -0.2) is 8.42 Å². The molecule has 2 N–H and O–H groups in total. The van der Waals surface area contributed by atoms with Gasteiger partial charge in [0.15, 0.2) is 15.6 Å². The van der Waals surface area contributed by atoms with E-state index in [0.29, 0.717) is 30.2 Å². The molecule has 7 heteroatoms. The van der Waals surface area contributed by atoms with Gasteiger partial charge in [0.1, 0.15) is 5.75 Å². The predicted octanol–water partition coefficient (Wildman–Crippen LogP) is 2.58. The number of carbonyl (C=O) groups is 1. The third kappa shape index (κ3) is 5.31. The Balaban J connectivity index is 1.51. The summed E-state index contributed by atoms with van der Waals surface area (Å²) in [4.78, 5) is 12.2. The molecule has 1 atom stereocenters. The minimum Gasteiger partial charge on any atom is -0.455 e. The Hall–Kier alpha value is -2.38. The van der Waals surface area contributed by atoms with Crippen LogP contribution in [0.1, 0.15) is 12.8 Å². The highest BCUT2D eigenvalue weighted by molar-refractivity contribution is 7.91. The molecule has 138 valence electrons. The minimum absolute atomic E-state index is 0.0542. The number of benzene rings is 2. The normalized spacial score (nSPS) is 18.4. The maximum Gasteiger partial charge on any atom is 0.225 e. The van der Waals surface area contributed by atoms with E-state index in [1.807, 2.05) is 42.5 Å². The van der Waals surface area contributed by atoms with Crippen molar-refractivity contribution < 1.29 is 17.9 Å². The Labute approximate surface area is 153 Å². The molecule has 1 heterocycles. The first kappa shape index (κ1) is 18.4. The van der Waals surface area contributed by atoms with Crippen molar-refractivity contribution in [3.8, 4) is 11.5 Å². The monoisotopic (exact) mass is 374 g/mol. The summed E-state index contributed by atoms with van der Waals surface area (Å²) in [6.07, 6.45) is 0.869. The Morgan fingerprint density at radius 1 is 1.08 bits per heavy atom. The van der Waals surface area contributed by atoms with Crippen LogP contribution in [-0.2, 0) is 14.6 Å². The first-order valence-electron chi connectivity index (χ1n) is 8.57. The zero-order valence-electron chi connectivity index (χ0n) is 14.4. The number of sulfone groups is 1. The fourth-order valence-electron chi connectivity index (χ4n) is 2.83. The Bertz CT molecular complexity index is 853. The molecule has 1 unspecified atom stereocenters. The molecule has 1 fully saturated rings. The van der Waals surface area contributed by atoms with Gasteiger partial charge in [-0.3, -0.25) is 4.79 Å². The molecule has 1 aliphatic heterocycles. The summed E-state index contributed by atoms with van der Waals surface area (Å²) in [5, 5.41) is 5.99. The molecule has 0 spiro atoms. The molecule has 1 aliphatic rings. The maximum atomic E-state index is 12.2. The molecule has 0 aromatic heterocycles. The van der Waals surface area contributed by atoms with E-state index in [2.05, 4.69) is 10.6 Å². The second kappa shape index (κ2) is 8.33. The second-order valence-electron chi connectivity index (χ2n) is 6.26. The molecule has 0 bridgehead atoms. The van der Waals surface area contributed by atoms with E-state index in [0.717, 1.165) is 0 Å². The molecule has 2 aromatic carbocycles. The molecule has 2 aromatic rings. The summed E-state index contributed by atoms with van der Waals surface area (Å²) in [6.45, 7) is 0.438. The van der Waals surface area contributed by atoms with Crippen molar-refractivity contribution in [1.29, 1.82) is 0 Å². The average Bonchev–Trinajstić information content (AvgIpc) is 2.96. The fourth-order valence-corrected chi connectivity index (χ4v) is 4.54. The van der Waals surface area contributed by atoms with Gasteiger partial charge in [-0.05, 0) is 30.7 Å². The summed E-state index contributed by atoms with van der Waals surface area (Å²) in [5.41, 5.74) is 0.602. The van der Waals surface area contributed by atoms with Crippen LogP contribution >= 0.6 is 0 Å². The molecule has 0 radical (unpaired) electrons. The van der Waals surface area contributed by atoms with Crippen LogP contribution < -0.4 is 15.4 Å². The topological polar surface area (TPSA) is 84.5 Å². The minimum atomic E-state index is -2.91. The molecule has 3 rings (SSSR count). The van der Waals surface area contributed by atoms with Crippen LogP contribution in [0.5, 0.6) is 11.5 Å². The molecule has 26 heavy (non-hydrogen) atoms. The zero-order chi connectivity index (χ0) is 18.4. The summed E-state index contributed by atoms with van der Waals surface area (Å²) in [7, 11) is -2.91. The van der Waals surface area contributed by atoms with Crippen molar-refractivity contribution in [2.24, 2.45) is 0 Å². The Kier molecular flexibility index (Phi) is 5.90. The van der Waals surface area contributed by atoms with Crippen molar-refractivity contribution in [3.63, 3.8) is 0 Å². The summed E-state index contributed by atoms with van der Waals surface area (Å²) >= 11 is 0. The number of hydrogen-bond acceptors (Lipinski definition) is 5. The third-order valence-electron chi connectivity index (χ3n) is 4.15. The predicted molar refractivity (Wildman–Crippen MR) is 101 cm³/mol. The highest BCUT2D eigenvalue weighted by Crippen LogP contribution is 2.29. The van der Waals surface area contributed by atoms with E-state index < -0.39 is 9.84 Å². The van der Waals surface area contributed by atoms with Crippen molar-refractivity contribution in [2.75, 3.05) is 23.4 Å². The van der Waals surface area contributed by atoms with Gasteiger partial charge in [-0.1, -0.05) is 30.3 Å². The Morgan fingerprint density at radius 3 is 2.54 bits per heavy atom. The number of carbonyl (C=O) groups excluding carboxylic acids is 1. The van der Waals surface area contributed by atoms with Crippen molar-refractivity contribution in [3.05, 3.63) is 54.6 Å². The van der Waals surface area contributed by atoms with Crippen LogP contribution in [-0.4, -0.2) is 38.4 Å². The summed E-state index contributed by atoms with van der Waals surface area (Å²) in [5.74, 6) is 1.49. The van der Waals surface area contributed by atoms with Gasteiger partial charge in [0.25, 0.3) is 0 Å². The number of rotatable bonds is 7. The lowest BCUT2D eigenvalue weighted by Crippen LogP contribution is -2.32. The first-order valence-corrected chi connectivity index (χ1v) is 10.4. The van der Waals surface area contributed by atoms with E-state index >= 15 is 0 Å². The molecular weight excluding hydrogens is 352 g/mol. The molecule has 1 saturated heterocycles. The fraction of sp³-hybridized carbons (Fsp3) is 0.316. The molecular formula is C19H22N2O4S. The molecule has 1 amide bonds. The van der Waals surface area contributed by atoms with E-state index in [4.69, 9.17) is 4.74 Å². The van der Waals surface area contributed by atoms with Crippen LogP contribution in [0.3, 0.4) is 0 Å². The highest BCUT2D eigenvalue weighted by atomic mass is 32.2. The van der Waals surface area contributed by atoms with Crippen molar-refractivity contribution >= 4 is 21.4 Å². The zero-order valence-corrected chi connectivity index (χ0v) is 15.2. The van der Waals surface area contributed by atoms with Crippen LogP contribution in [0, 0.1) is 0 Å².